The summed E-state index contributed by atoms with van der Waals surface area (Å²) in [6.07, 6.45) is 5.06. The van der Waals surface area contributed by atoms with Crippen LogP contribution in [0.25, 0.3) is 6.08 Å². The standard InChI is InChI=1S/C13H16ClNO2/c1-15(17-2)13(16)6-4-3-5-11-7-9-12(14)10-8-11/h3,5,7-10H,4,6H2,1-2H3. The maximum absolute atomic E-state index is 11.4. The Kier molecular flexibility index (Phi) is 5.73. The van der Waals surface area contributed by atoms with Gasteiger partial charge in [-0.2, -0.15) is 0 Å². The van der Waals surface area contributed by atoms with E-state index >= 15 is 0 Å². The third-order valence-corrected chi connectivity index (χ3v) is 2.58. The minimum atomic E-state index is -0.0340. The van der Waals surface area contributed by atoms with E-state index < -0.39 is 0 Å². The fourth-order valence-electron chi connectivity index (χ4n) is 1.26. The highest BCUT2D eigenvalue weighted by Crippen LogP contribution is 2.11. The normalized spacial score (nSPS) is 10.8. The molecule has 0 fully saturated rings. The van der Waals surface area contributed by atoms with Gasteiger partial charge in [-0.3, -0.25) is 9.63 Å². The second-order valence-corrected chi connectivity index (χ2v) is 4.00. The van der Waals surface area contributed by atoms with E-state index in [0.717, 1.165) is 10.6 Å². The summed E-state index contributed by atoms with van der Waals surface area (Å²) in [4.78, 5) is 16.2. The Balaban J connectivity index is 2.36. The average Bonchev–Trinajstić information content (AvgIpc) is 2.35. The van der Waals surface area contributed by atoms with Crippen molar-refractivity contribution in [2.75, 3.05) is 14.2 Å². The molecule has 1 amide bonds. The lowest BCUT2D eigenvalue weighted by atomic mass is 10.2. The van der Waals surface area contributed by atoms with Crippen molar-refractivity contribution in [3.8, 4) is 0 Å². The van der Waals surface area contributed by atoms with Gasteiger partial charge in [-0.15, -0.1) is 0 Å². The summed E-state index contributed by atoms with van der Waals surface area (Å²) in [5.41, 5.74) is 1.07. The molecule has 0 atom stereocenters. The molecule has 0 aliphatic rings. The minimum absolute atomic E-state index is 0.0340. The number of hydroxylamine groups is 2. The van der Waals surface area contributed by atoms with Gasteiger partial charge in [0.15, 0.2) is 0 Å². The first-order valence-corrected chi connectivity index (χ1v) is 5.74. The molecule has 92 valence electrons. The summed E-state index contributed by atoms with van der Waals surface area (Å²) < 4.78 is 0. The van der Waals surface area contributed by atoms with E-state index in [4.69, 9.17) is 16.4 Å². The van der Waals surface area contributed by atoms with E-state index in [1.807, 2.05) is 36.4 Å². The van der Waals surface area contributed by atoms with Gasteiger partial charge in [0.1, 0.15) is 0 Å². The van der Waals surface area contributed by atoms with Crippen molar-refractivity contribution in [1.82, 2.24) is 5.06 Å². The molecule has 0 aromatic heterocycles. The quantitative estimate of drug-likeness (QED) is 0.755. The topological polar surface area (TPSA) is 29.5 Å². The highest BCUT2D eigenvalue weighted by Gasteiger charge is 2.04. The Morgan fingerprint density at radius 3 is 2.65 bits per heavy atom. The Hall–Kier alpha value is -1.32. The predicted molar refractivity (Wildman–Crippen MR) is 69.5 cm³/mol. The summed E-state index contributed by atoms with van der Waals surface area (Å²) in [7, 11) is 3.08. The van der Waals surface area contributed by atoms with Crippen molar-refractivity contribution >= 4 is 23.6 Å². The number of amides is 1. The number of allylic oxidation sites excluding steroid dienone is 1. The van der Waals surface area contributed by atoms with Gasteiger partial charge in [0, 0.05) is 18.5 Å². The monoisotopic (exact) mass is 253 g/mol. The Labute approximate surface area is 107 Å². The molecule has 0 heterocycles. The average molecular weight is 254 g/mol. The Morgan fingerprint density at radius 1 is 1.41 bits per heavy atom. The second kappa shape index (κ2) is 7.09. The van der Waals surface area contributed by atoms with E-state index in [2.05, 4.69) is 0 Å². The molecule has 0 bridgehead atoms. The molecule has 1 aromatic rings. The van der Waals surface area contributed by atoms with Crippen LogP contribution in [0.1, 0.15) is 18.4 Å². The van der Waals surface area contributed by atoms with Crippen molar-refractivity contribution in [3.63, 3.8) is 0 Å². The zero-order chi connectivity index (χ0) is 12.7. The number of carbonyl (C=O) groups is 1. The van der Waals surface area contributed by atoms with E-state index in [-0.39, 0.29) is 5.91 Å². The fourth-order valence-corrected chi connectivity index (χ4v) is 1.39. The van der Waals surface area contributed by atoms with E-state index in [1.165, 1.54) is 12.2 Å². The smallest absolute Gasteiger partial charge is 0.246 e. The number of nitrogens with zero attached hydrogens (tertiary/aromatic N) is 1. The number of rotatable bonds is 5. The third-order valence-electron chi connectivity index (χ3n) is 2.33. The lowest BCUT2D eigenvalue weighted by Gasteiger charge is -2.12. The summed E-state index contributed by atoms with van der Waals surface area (Å²) in [6, 6.07) is 7.54. The summed E-state index contributed by atoms with van der Waals surface area (Å²) in [5.74, 6) is -0.0340. The number of halogens is 1. The predicted octanol–water partition coefficient (Wildman–Crippen LogP) is 3.15. The molecular formula is C13H16ClNO2. The second-order valence-electron chi connectivity index (χ2n) is 3.57. The van der Waals surface area contributed by atoms with Gasteiger partial charge in [0.05, 0.1) is 7.11 Å². The first-order valence-electron chi connectivity index (χ1n) is 5.36. The Morgan fingerprint density at radius 2 is 2.06 bits per heavy atom. The molecular weight excluding hydrogens is 238 g/mol. The molecule has 17 heavy (non-hydrogen) atoms. The van der Waals surface area contributed by atoms with E-state index in [1.54, 1.807) is 7.05 Å². The van der Waals surface area contributed by atoms with Gasteiger partial charge in [0.2, 0.25) is 5.91 Å². The van der Waals surface area contributed by atoms with E-state index in [9.17, 15) is 4.79 Å². The molecule has 0 saturated heterocycles. The Bertz CT molecular complexity index is 387. The lowest BCUT2D eigenvalue weighted by Crippen LogP contribution is -2.24. The zero-order valence-electron chi connectivity index (χ0n) is 10.0. The van der Waals surface area contributed by atoms with Gasteiger partial charge >= 0.3 is 0 Å². The molecule has 0 radical (unpaired) electrons. The van der Waals surface area contributed by atoms with Crippen LogP contribution in [0.4, 0.5) is 0 Å². The van der Waals surface area contributed by atoms with Crippen LogP contribution >= 0.6 is 11.6 Å². The van der Waals surface area contributed by atoms with Crippen LogP contribution < -0.4 is 0 Å². The van der Waals surface area contributed by atoms with Crippen LogP contribution in [-0.2, 0) is 9.63 Å². The van der Waals surface area contributed by atoms with Crippen LogP contribution in [0.2, 0.25) is 5.02 Å². The van der Waals surface area contributed by atoms with Crippen LogP contribution in [-0.4, -0.2) is 25.1 Å². The number of benzene rings is 1. The van der Waals surface area contributed by atoms with Crippen molar-refractivity contribution in [2.45, 2.75) is 12.8 Å². The van der Waals surface area contributed by atoms with Gasteiger partial charge in [-0.05, 0) is 24.1 Å². The molecule has 0 aliphatic heterocycles. The van der Waals surface area contributed by atoms with Gasteiger partial charge in [-0.1, -0.05) is 35.9 Å². The van der Waals surface area contributed by atoms with Crippen LogP contribution in [0.3, 0.4) is 0 Å². The highest BCUT2D eigenvalue weighted by atomic mass is 35.5. The summed E-state index contributed by atoms with van der Waals surface area (Å²) >= 11 is 5.78. The van der Waals surface area contributed by atoms with Crippen molar-refractivity contribution in [3.05, 3.63) is 40.9 Å². The third kappa shape index (κ3) is 5.02. The molecule has 3 nitrogen and oxygen atoms in total. The zero-order valence-corrected chi connectivity index (χ0v) is 10.8. The summed E-state index contributed by atoms with van der Waals surface area (Å²) in [6.45, 7) is 0. The number of hydrogen-bond acceptors (Lipinski definition) is 2. The summed E-state index contributed by atoms with van der Waals surface area (Å²) in [5, 5.41) is 1.95. The van der Waals surface area contributed by atoms with Crippen molar-refractivity contribution < 1.29 is 9.63 Å². The first kappa shape index (κ1) is 13.7. The first-order chi connectivity index (χ1) is 8.13. The van der Waals surface area contributed by atoms with Crippen LogP contribution in [0, 0.1) is 0 Å². The molecule has 0 spiro atoms. The lowest BCUT2D eigenvalue weighted by molar-refractivity contribution is -0.168. The maximum atomic E-state index is 11.4. The number of carbonyl (C=O) groups excluding carboxylic acids is 1. The molecule has 0 saturated carbocycles. The fraction of sp³-hybridized carbons (Fsp3) is 0.308. The van der Waals surface area contributed by atoms with Crippen molar-refractivity contribution in [1.29, 1.82) is 0 Å². The van der Waals surface area contributed by atoms with Gasteiger partial charge in [-0.25, -0.2) is 5.06 Å². The largest absolute Gasteiger partial charge is 0.275 e. The molecule has 1 aromatic carbocycles. The number of hydrogen-bond donors (Lipinski definition) is 0. The van der Waals surface area contributed by atoms with Crippen molar-refractivity contribution in [2.24, 2.45) is 0 Å². The SMILES string of the molecule is CON(C)C(=O)CCC=Cc1ccc(Cl)cc1. The van der Waals surface area contributed by atoms with E-state index in [0.29, 0.717) is 12.8 Å². The molecule has 0 unspecified atom stereocenters. The molecule has 4 heteroatoms. The maximum Gasteiger partial charge on any atom is 0.246 e. The highest BCUT2D eigenvalue weighted by molar-refractivity contribution is 6.30. The van der Waals surface area contributed by atoms with Crippen LogP contribution in [0.15, 0.2) is 30.3 Å². The van der Waals surface area contributed by atoms with Gasteiger partial charge in [0.25, 0.3) is 0 Å². The van der Waals surface area contributed by atoms with Crippen LogP contribution in [0.5, 0.6) is 0 Å². The minimum Gasteiger partial charge on any atom is -0.275 e. The molecule has 0 N–H and O–H groups in total. The van der Waals surface area contributed by atoms with Gasteiger partial charge < -0.3 is 0 Å². The molecule has 1 rings (SSSR count). The molecule has 0 aliphatic carbocycles.